The number of amides is 1. The van der Waals surface area contributed by atoms with Crippen LogP contribution in [0.2, 0.25) is 0 Å². The molecule has 1 saturated heterocycles. The Kier molecular flexibility index (Phi) is 5.50. The summed E-state index contributed by atoms with van der Waals surface area (Å²) in [5.74, 6) is 1.14. The summed E-state index contributed by atoms with van der Waals surface area (Å²) in [4.78, 5) is 27.3. The molecule has 1 aromatic heterocycles. The standard InChI is InChI=1S/C15H25N5O/c1-4-13(18(3)5-2)15(21)20-10-8-19(9-11-20)14-12-16-6-7-17-14/h6-7,12-13H,4-5,8-11H2,1-3H3. The summed E-state index contributed by atoms with van der Waals surface area (Å²) >= 11 is 0. The highest BCUT2D eigenvalue weighted by atomic mass is 16.2. The van der Waals surface area contributed by atoms with Crippen molar-refractivity contribution in [1.29, 1.82) is 0 Å². The minimum absolute atomic E-state index is 0.00179. The molecule has 2 rings (SSSR count). The van der Waals surface area contributed by atoms with E-state index < -0.39 is 0 Å². The molecule has 1 aromatic rings. The van der Waals surface area contributed by atoms with E-state index in [0.717, 1.165) is 45.0 Å². The van der Waals surface area contributed by atoms with Crippen LogP contribution in [0.5, 0.6) is 0 Å². The maximum atomic E-state index is 12.6. The summed E-state index contributed by atoms with van der Waals surface area (Å²) in [7, 11) is 2.02. The Morgan fingerprint density at radius 2 is 2.00 bits per heavy atom. The van der Waals surface area contributed by atoms with Crippen LogP contribution >= 0.6 is 0 Å². The van der Waals surface area contributed by atoms with Crippen molar-refractivity contribution in [3.8, 4) is 0 Å². The van der Waals surface area contributed by atoms with Gasteiger partial charge in [0.1, 0.15) is 5.82 Å². The van der Waals surface area contributed by atoms with Gasteiger partial charge in [-0.05, 0) is 20.0 Å². The predicted octanol–water partition coefficient (Wildman–Crippen LogP) is 0.856. The molecule has 0 radical (unpaired) electrons. The van der Waals surface area contributed by atoms with E-state index >= 15 is 0 Å². The van der Waals surface area contributed by atoms with E-state index in [2.05, 4.69) is 33.6 Å². The van der Waals surface area contributed by atoms with Crippen LogP contribution in [0.4, 0.5) is 5.82 Å². The van der Waals surface area contributed by atoms with E-state index in [4.69, 9.17) is 0 Å². The summed E-state index contributed by atoms with van der Waals surface area (Å²) in [6.45, 7) is 8.19. The van der Waals surface area contributed by atoms with Crippen molar-refractivity contribution in [1.82, 2.24) is 19.8 Å². The summed E-state index contributed by atoms with van der Waals surface area (Å²) in [6, 6.07) is -0.00179. The van der Waals surface area contributed by atoms with Gasteiger partial charge in [-0.2, -0.15) is 0 Å². The van der Waals surface area contributed by atoms with Gasteiger partial charge in [-0.3, -0.25) is 14.7 Å². The maximum absolute atomic E-state index is 12.6. The second-order valence-electron chi connectivity index (χ2n) is 5.37. The number of nitrogens with zero attached hydrogens (tertiary/aromatic N) is 5. The third-order valence-corrected chi connectivity index (χ3v) is 4.17. The van der Waals surface area contributed by atoms with E-state index in [0.29, 0.717) is 0 Å². The van der Waals surface area contributed by atoms with Gasteiger partial charge in [0.05, 0.1) is 12.2 Å². The lowest BCUT2D eigenvalue weighted by atomic mass is 10.1. The van der Waals surface area contributed by atoms with Crippen LogP contribution < -0.4 is 4.90 Å². The predicted molar refractivity (Wildman–Crippen MR) is 83.2 cm³/mol. The summed E-state index contributed by atoms with van der Waals surface area (Å²) < 4.78 is 0. The first-order valence-electron chi connectivity index (χ1n) is 7.67. The van der Waals surface area contributed by atoms with Crippen molar-refractivity contribution in [2.24, 2.45) is 0 Å². The van der Waals surface area contributed by atoms with E-state index in [1.54, 1.807) is 18.6 Å². The maximum Gasteiger partial charge on any atom is 0.240 e. The fourth-order valence-electron chi connectivity index (χ4n) is 2.72. The van der Waals surface area contributed by atoms with Crippen LogP contribution in [0.3, 0.4) is 0 Å². The smallest absolute Gasteiger partial charge is 0.240 e. The highest BCUT2D eigenvalue weighted by Gasteiger charge is 2.28. The average Bonchev–Trinajstić information content (AvgIpc) is 2.56. The molecule has 21 heavy (non-hydrogen) atoms. The van der Waals surface area contributed by atoms with Crippen LogP contribution in [0.1, 0.15) is 20.3 Å². The molecule has 0 aliphatic carbocycles. The van der Waals surface area contributed by atoms with Gasteiger partial charge >= 0.3 is 0 Å². The Labute approximate surface area is 126 Å². The van der Waals surface area contributed by atoms with Crippen LogP contribution in [0, 0.1) is 0 Å². The number of carbonyl (C=O) groups excluding carboxylic acids is 1. The highest BCUT2D eigenvalue weighted by Crippen LogP contribution is 2.14. The topological polar surface area (TPSA) is 52.6 Å². The zero-order chi connectivity index (χ0) is 15.2. The van der Waals surface area contributed by atoms with Crippen LogP contribution in [-0.2, 0) is 4.79 Å². The highest BCUT2D eigenvalue weighted by molar-refractivity contribution is 5.82. The molecule has 0 aromatic carbocycles. The summed E-state index contributed by atoms with van der Waals surface area (Å²) in [5, 5.41) is 0. The molecular weight excluding hydrogens is 266 g/mol. The molecule has 1 aliphatic heterocycles. The van der Waals surface area contributed by atoms with Gasteiger partial charge in [0.25, 0.3) is 0 Å². The molecule has 6 heteroatoms. The molecule has 0 spiro atoms. The van der Waals surface area contributed by atoms with Gasteiger partial charge in [-0.15, -0.1) is 0 Å². The first kappa shape index (κ1) is 15.7. The first-order chi connectivity index (χ1) is 10.2. The fourth-order valence-corrected chi connectivity index (χ4v) is 2.72. The lowest BCUT2D eigenvalue weighted by Crippen LogP contribution is -2.54. The molecule has 1 unspecified atom stereocenters. The van der Waals surface area contributed by atoms with Gasteiger partial charge in [0.15, 0.2) is 0 Å². The van der Waals surface area contributed by atoms with Gasteiger partial charge in [0, 0.05) is 38.6 Å². The van der Waals surface area contributed by atoms with Crippen molar-refractivity contribution in [3.05, 3.63) is 18.6 Å². The van der Waals surface area contributed by atoms with Crippen LogP contribution in [0.25, 0.3) is 0 Å². The Hall–Kier alpha value is -1.69. The minimum Gasteiger partial charge on any atom is -0.352 e. The Balaban J connectivity index is 1.93. The Morgan fingerprint density at radius 3 is 2.52 bits per heavy atom. The van der Waals surface area contributed by atoms with E-state index in [1.807, 2.05) is 11.9 Å². The molecule has 1 atom stereocenters. The minimum atomic E-state index is -0.00179. The van der Waals surface area contributed by atoms with E-state index in [1.165, 1.54) is 0 Å². The van der Waals surface area contributed by atoms with Crippen molar-refractivity contribution in [2.45, 2.75) is 26.3 Å². The number of rotatable bonds is 5. The van der Waals surface area contributed by atoms with Crippen LogP contribution in [0.15, 0.2) is 18.6 Å². The number of carbonyl (C=O) groups is 1. The monoisotopic (exact) mass is 291 g/mol. The third-order valence-electron chi connectivity index (χ3n) is 4.17. The number of piperazine rings is 1. The van der Waals surface area contributed by atoms with Gasteiger partial charge in [-0.1, -0.05) is 13.8 Å². The molecule has 1 fully saturated rings. The molecule has 2 heterocycles. The van der Waals surface area contributed by atoms with Gasteiger partial charge in [-0.25, -0.2) is 4.98 Å². The SMILES string of the molecule is CCC(C(=O)N1CCN(c2cnccn2)CC1)N(C)CC. The third kappa shape index (κ3) is 3.69. The van der Waals surface area contributed by atoms with Crippen LogP contribution in [-0.4, -0.2) is 71.5 Å². The number of hydrogen-bond donors (Lipinski definition) is 0. The van der Waals surface area contributed by atoms with Gasteiger partial charge in [0.2, 0.25) is 5.91 Å². The Bertz CT molecular complexity index is 445. The number of likely N-dealkylation sites (N-methyl/N-ethyl adjacent to an activating group) is 1. The zero-order valence-electron chi connectivity index (χ0n) is 13.2. The largest absolute Gasteiger partial charge is 0.352 e. The molecular formula is C15H25N5O. The second-order valence-corrected chi connectivity index (χ2v) is 5.37. The second kappa shape index (κ2) is 7.36. The molecule has 1 amide bonds. The number of anilines is 1. The molecule has 1 aliphatic rings. The van der Waals surface area contributed by atoms with Crippen molar-refractivity contribution < 1.29 is 4.79 Å². The lowest BCUT2D eigenvalue weighted by Gasteiger charge is -2.38. The quantitative estimate of drug-likeness (QED) is 0.805. The van der Waals surface area contributed by atoms with E-state index in [9.17, 15) is 4.79 Å². The average molecular weight is 291 g/mol. The molecule has 0 bridgehead atoms. The molecule has 6 nitrogen and oxygen atoms in total. The molecule has 116 valence electrons. The fraction of sp³-hybridized carbons (Fsp3) is 0.667. The number of hydrogen-bond acceptors (Lipinski definition) is 5. The first-order valence-corrected chi connectivity index (χ1v) is 7.67. The van der Waals surface area contributed by atoms with Crippen molar-refractivity contribution in [2.75, 3.05) is 44.7 Å². The zero-order valence-corrected chi connectivity index (χ0v) is 13.2. The van der Waals surface area contributed by atoms with Gasteiger partial charge < -0.3 is 9.80 Å². The summed E-state index contributed by atoms with van der Waals surface area (Å²) in [5.41, 5.74) is 0. The number of aromatic nitrogens is 2. The normalized spacial score (nSPS) is 17.1. The summed E-state index contributed by atoms with van der Waals surface area (Å²) in [6.07, 6.45) is 6.01. The molecule has 0 N–H and O–H groups in total. The Morgan fingerprint density at radius 1 is 1.29 bits per heavy atom. The molecule has 0 saturated carbocycles. The van der Waals surface area contributed by atoms with E-state index in [-0.39, 0.29) is 11.9 Å². The van der Waals surface area contributed by atoms with Crippen molar-refractivity contribution >= 4 is 11.7 Å². The van der Waals surface area contributed by atoms with Crippen molar-refractivity contribution in [3.63, 3.8) is 0 Å². The lowest BCUT2D eigenvalue weighted by molar-refractivity contribution is -0.136.